The Kier molecular flexibility index (Phi) is 31.6. The van der Waals surface area contributed by atoms with Crippen LogP contribution in [0.3, 0.4) is 0 Å². The molecule has 20 atom stereocenters. The number of carbonyl (C=O) groups excluding carboxylic acids is 3. The van der Waals surface area contributed by atoms with E-state index in [4.69, 9.17) is 49.0 Å². The molecule has 9 aliphatic heterocycles. The SMILES string of the molecule is C=S1(=O)NC(=O)c2ccc3c(c2)N(C[C@@H]2CC[C@H]2[C@@](O)(CN2CC(C)(C)C2)CCC[C@H](C)[C@H]1C)C[C@@]1(CCCc2cc(Cl)ccc21)CO3.C=S1(=O)NC(=O)c2ccc3c(c2)N(C[C@@H]2CC[C@H]2[C@@](O)(CN2CCC(C)CC2)CCC[C@H](C)[C@H]1C)C[C@@]1(CCCc2cc(Cl)ccc21)CO3.CC1CCN(C[C@]2(O)CCC[C@H](C)[C@@H](C)S(=O)(=O)NC(=O)c3ccc4c(c3)N(C[C@@H]3CC[C@H]32)C[C@@]2(CCCc3cc(Cl)ccc32)CO4)CC1. The first-order valence-electron chi connectivity index (χ1n) is 55.6. The summed E-state index contributed by atoms with van der Waals surface area (Å²) < 4.78 is 82.9. The second kappa shape index (κ2) is 42.9. The molecule has 6 N–H and O–H groups in total. The maximum Gasteiger partial charge on any atom is 0.264 e. The largest absolute Gasteiger partial charge is 0.490 e. The molecule has 2 unspecified atom stereocenters. The van der Waals surface area contributed by atoms with E-state index in [1.165, 1.54) is 46.2 Å². The van der Waals surface area contributed by atoms with Crippen LogP contribution in [0.2, 0.25) is 15.1 Å². The molecule has 3 saturated heterocycles. The Labute approximate surface area is 886 Å². The number of β-amino-alcohol motifs (C(OH)–C–C–N with tert-alkyl or cyclic N) is 3. The van der Waals surface area contributed by atoms with Gasteiger partial charge in [-0.3, -0.25) is 28.7 Å². The molecule has 15 aliphatic rings. The average molecular weight is 2120 g/mol. The second-order valence-electron chi connectivity index (χ2n) is 49.7. The fraction of sp³-hybridized carbons (Fsp3) is 0.653. The zero-order valence-corrected chi connectivity index (χ0v) is 93.1. The van der Waals surface area contributed by atoms with E-state index < -0.39 is 57.4 Å². The summed E-state index contributed by atoms with van der Waals surface area (Å²) >= 11 is 19.4. The number of halogens is 3. The molecule has 6 aromatic carbocycles. The number of sulfonamides is 1. The summed E-state index contributed by atoms with van der Waals surface area (Å²) in [6.45, 7) is 35.3. The van der Waals surface area contributed by atoms with Crippen molar-refractivity contribution in [3.05, 3.63) is 174 Å². The number of anilines is 3. The number of likely N-dealkylation sites (tertiary alicyclic amines) is 3. The molecule has 3 amide bonds. The van der Waals surface area contributed by atoms with Gasteiger partial charge in [0.15, 0.2) is 0 Å². The number of rotatable bonds is 6. The van der Waals surface area contributed by atoms with Crippen LogP contribution in [0, 0.1) is 70.5 Å². The van der Waals surface area contributed by atoms with Gasteiger partial charge in [0.25, 0.3) is 17.7 Å². The lowest BCUT2D eigenvalue weighted by atomic mass is 9.62. The lowest BCUT2D eigenvalue weighted by molar-refractivity contribution is -0.128. The molecule has 21 rings (SSSR count). The van der Waals surface area contributed by atoms with Crippen LogP contribution in [-0.4, -0.2) is 227 Å². The Morgan fingerprint density at radius 3 is 0.986 bits per heavy atom. The highest BCUT2D eigenvalue weighted by atomic mass is 35.5. The van der Waals surface area contributed by atoms with Gasteiger partial charge in [-0.25, -0.2) is 21.6 Å². The number of hydrogen-bond acceptors (Lipinski definition) is 19. The molecule has 6 aliphatic carbocycles. The molecular weight excluding hydrogens is 1950 g/mol. The van der Waals surface area contributed by atoms with Crippen molar-refractivity contribution in [1.29, 1.82) is 0 Å². The van der Waals surface area contributed by atoms with E-state index in [1.807, 2.05) is 75.4 Å². The van der Waals surface area contributed by atoms with Crippen molar-refractivity contribution >= 4 is 111 Å². The van der Waals surface area contributed by atoms with E-state index in [-0.39, 0.29) is 80.0 Å². The molecule has 6 aromatic rings. The normalized spacial score (nSPS) is 35.7. The molecule has 6 fully saturated rings. The van der Waals surface area contributed by atoms with Crippen LogP contribution in [0.1, 0.15) is 294 Å². The molecule has 798 valence electrons. The van der Waals surface area contributed by atoms with Crippen molar-refractivity contribution in [2.45, 2.75) is 298 Å². The molecular formula is C118H164Cl3N9O13S3. The smallest absolute Gasteiger partial charge is 0.264 e. The van der Waals surface area contributed by atoms with E-state index >= 15 is 0 Å². The quantitative estimate of drug-likeness (QED) is 0.0847. The zero-order chi connectivity index (χ0) is 103. The Hall–Kier alpha value is -6.85. The van der Waals surface area contributed by atoms with Crippen molar-refractivity contribution in [1.82, 2.24) is 28.9 Å². The van der Waals surface area contributed by atoms with Crippen molar-refractivity contribution in [3.63, 3.8) is 0 Å². The summed E-state index contributed by atoms with van der Waals surface area (Å²) in [6, 6.07) is 35.4. The van der Waals surface area contributed by atoms with Gasteiger partial charge in [0.2, 0.25) is 10.0 Å². The van der Waals surface area contributed by atoms with Gasteiger partial charge in [-0.2, -0.15) is 0 Å². The zero-order valence-electron chi connectivity index (χ0n) is 88.4. The van der Waals surface area contributed by atoms with E-state index in [0.717, 1.165) is 282 Å². The fourth-order valence-corrected chi connectivity index (χ4v) is 33.9. The maximum absolute atomic E-state index is 13.9. The van der Waals surface area contributed by atoms with Crippen LogP contribution in [0.5, 0.6) is 17.2 Å². The number of aryl methyl sites for hydroxylation is 3. The lowest BCUT2D eigenvalue weighted by Crippen LogP contribution is -2.62. The number of nitrogens with one attached hydrogen (secondary N) is 3. The van der Waals surface area contributed by atoms with Gasteiger partial charge < -0.3 is 54.0 Å². The van der Waals surface area contributed by atoms with Crippen molar-refractivity contribution in [2.75, 3.05) is 133 Å². The van der Waals surface area contributed by atoms with Gasteiger partial charge >= 0.3 is 0 Å². The maximum atomic E-state index is 13.9. The van der Waals surface area contributed by atoms with Crippen LogP contribution >= 0.6 is 34.8 Å². The van der Waals surface area contributed by atoms with E-state index in [0.29, 0.717) is 97.9 Å². The number of ether oxygens (including phenoxy) is 3. The van der Waals surface area contributed by atoms with Crippen molar-refractivity contribution in [2.24, 2.45) is 70.5 Å². The molecule has 9 heterocycles. The summed E-state index contributed by atoms with van der Waals surface area (Å²) in [4.78, 5) is 55.7. The summed E-state index contributed by atoms with van der Waals surface area (Å²) in [6.07, 6.45) is 26.8. The van der Waals surface area contributed by atoms with Crippen LogP contribution in [0.25, 0.3) is 0 Å². The lowest BCUT2D eigenvalue weighted by Gasteiger charge is -2.54. The number of piperidine rings is 2. The summed E-state index contributed by atoms with van der Waals surface area (Å²) in [5.41, 5.74) is 8.69. The van der Waals surface area contributed by atoms with Gasteiger partial charge in [0.05, 0.1) is 78.4 Å². The minimum atomic E-state index is -3.93. The summed E-state index contributed by atoms with van der Waals surface area (Å²) in [5.74, 6) is 11.9. The predicted molar refractivity (Wildman–Crippen MR) is 593 cm³/mol. The van der Waals surface area contributed by atoms with Gasteiger partial charge in [-0.15, -0.1) is 0 Å². The third-order valence-electron chi connectivity index (χ3n) is 38.8. The molecule has 3 spiro atoms. The third-order valence-corrected chi connectivity index (χ3v) is 45.8. The second-order valence-corrected chi connectivity index (χ2v) is 57.9. The van der Waals surface area contributed by atoms with Crippen LogP contribution < -0.4 is 43.1 Å². The first kappa shape index (κ1) is 108. The third kappa shape index (κ3) is 22.6. The summed E-state index contributed by atoms with van der Waals surface area (Å²) in [5, 5.41) is 39.1. The Morgan fingerprint density at radius 2 is 0.678 bits per heavy atom. The van der Waals surface area contributed by atoms with Crippen molar-refractivity contribution in [3.8, 4) is 17.2 Å². The average Bonchev–Trinajstić information content (AvgIpc) is 1.58. The highest BCUT2D eigenvalue weighted by molar-refractivity contribution is 7.99. The van der Waals surface area contributed by atoms with E-state index in [9.17, 15) is 46.5 Å². The number of nitrogens with zero attached hydrogens (tertiary/aromatic N) is 6. The molecule has 146 heavy (non-hydrogen) atoms. The van der Waals surface area contributed by atoms with Gasteiger partial charge in [0, 0.05) is 130 Å². The molecule has 22 nitrogen and oxygen atoms in total. The van der Waals surface area contributed by atoms with Crippen molar-refractivity contribution < 1.29 is 60.7 Å². The number of amides is 3. The van der Waals surface area contributed by atoms with Crippen LogP contribution in [-0.2, 0) is 64.9 Å². The topological polar surface area (TPSA) is 263 Å². The predicted octanol–water partition coefficient (Wildman–Crippen LogP) is 19.9. The standard InChI is InChI=1S/C40H56ClN3O4S.C39H54ClN3O5S.C39H54ClN3O4S/c1-27-15-19-43(20-16-27)25-40(46)18-5-7-28(2)29(3)49(4,47)42-38(45)31-10-14-37-36(22-31)44(23-32-9-12-35(32)40)24-39(26-48-37)17-6-8-30-21-33(41)11-13-34(30)39;1-26-14-18-42(19-15-26)24-39(45)17-4-6-27(2)28(3)49(46,47)41-37(44)30-9-13-36-35(21-30)43(22-31-8-11-34(31)39)23-38(25-48-36)16-5-7-29-20-32(40)10-12-33(29)38;1-26-8-6-17-39(45,24-42-21-37(3,4)22-42)33-13-10-30(33)20-43-23-38(16-7-9-28-18-31(40)12-14-32(28)38)25-47-35-15-11-29(19-34(35)43)36(44)41-48(5,46)27(26)2/h10-11,13-14,21-22,27-29,32,35,46H,4-9,12,15-20,23-26H2,1-3H3,(H,42,45,47);9-10,12-13,20-21,26-28,31,34,45H,4-8,11,14-19,22-25H2,1-3H3,(H,41,44);11-12,14-15,18-19,26-27,30,33,45H,5-10,13,16-17,20-25H2,1-4H3,(H,41,44,46)/t28-,29+,32-,35+,39-,40-,49?;27-,28+,31-,34+,38-,39+;26-,27+,30-,33+,38-,39-,48?/m000/s1. The first-order valence-corrected chi connectivity index (χ1v) is 61.8. The Morgan fingerprint density at radius 1 is 0.370 bits per heavy atom. The van der Waals surface area contributed by atoms with E-state index in [1.54, 1.807) is 25.1 Å². The summed E-state index contributed by atoms with van der Waals surface area (Å²) in [7, 11) is -9.78. The molecule has 3 saturated carbocycles. The molecule has 0 aromatic heterocycles. The minimum absolute atomic E-state index is 0.0768. The number of carbonyl (C=O) groups is 3. The van der Waals surface area contributed by atoms with E-state index in [2.05, 4.69) is 133 Å². The van der Waals surface area contributed by atoms with Gasteiger partial charge in [-0.05, 0) is 414 Å². The number of fused-ring (bicyclic) bond motifs is 12. The number of benzene rings is 6. The molecule has 28 heteroatoms. The fourth-order valence-electron chi connectivity index (χ4n) is 29.0. The first-order chi connectivity index (χ1) is 69.4. The van der Waals surface area contributed by atoms with Gasteiger partial charge in [-0.1, -0.05) is 121 Å². The Bertz CT molecular complexity index is 5910. The highest BCUT2D eigenvalue weighted by Crippen LogP contribution is 2.56. The molecule has 0 radical (unpaired) electrons. The van der Waals surface area contributed by atoms with Crippen LogP contribution in [0.4, 0.5) is 17.1 Å². The number of aliphatic hydroxyl groups is 3. The monoisotopic (exact) mass is 2120 g/mol. The number of hydrogen-bond donors (Lipinski definition) is 6. The Balaban J connectivity index is 0.000000138. The van der Waals surface area contributed by atoms with Gasteiger partial charge in [0.1, 0.15) is 17.2 Å². The van der Waals surface area contributed by atoms with Crippen LogP contribution in [0.15, 0.2) is 109 Å². The molecule has 6 bridgehead atoms. The highest BCUT2D eigenvalue weighted by Gasteiger charge is 2.56. The minimum Gasteiger partial charge on any atom is -0.490 e.